The summed E-state index contributed by atoms with van der Waals surface area (Å²) in [5.74, 6) is 1.90. The van der Waals surface area contributed by atoms with Crippen LogP contribution in [0.2, 0.25) is 0 Å². The molecule has 0 bridgehead atoms. The molecule has 0 aliphatic heterocycles. The smallest absolute Gasteiger partial charge is 0.191 e. The van der Waals surface area contributed by atoms with Gasteiger partial charge >= 0.3 is 0 Å². The van der Waals surface area contributed by atoms with Crippen molar-refractivity contribution in [3.63, 3.8) is 0 Å². The monoisotopic (exact) mass is 499 g/mol. The lowest BCUT2D eigenvalue weighted by Gasteiger charge is -2.17. The average Bonchev–Trinajstić information content (AvgIpc) is 3.41. The van der Waals surface area contributed by atoms with Crippen molar-refractivity contribution in [2.24, 2.45) is 12.0 Å². The quantitative estimate of drug-likeness (QED) is 0.328. The van der Waals surface area contributed by atoms with E-state index in [-0.39, 0.29) is 24.0 Å². The second kappa shape index (κ2) is 11.5. The van der Waals surface area contributed by atoms with Crippen molar-refractivity contribution in [2.75, 3.05) is 6.54 Å². The minimum atomic E-state index is 0. The highest BCUT2D eigenvalue weighted by atomic mass is 127. The Labute approximate surface area is 185 Å². The summed E-state index contributed by atoms with van der Waals surface area (Å²) in [7, 11) is 2.03. The molecule has 1 fully saturated rings. The maximum atomic E-state index is 5.43. The van der Waals surface area contributed by atoms with Gasteiger partial charge in [-0.25, -0.2) is 4.99 Å². The Kier molecular flexibility index (Phi) is 9.34. The summed E-state index contributed by atoms with van der Waals surface area (Å²) in [5, 5.41) is 11.8. The van der Waals surface area contributed by atoms with Gasteiger partial charge in [-0.1, -0.05) is 26.7 Å². The molecule has 1 saturated carbocycles. The highest BCUT2D eigenvalue weighted by Gasteiger charge is 2.17. The zero-order chi connectivity index (χ0) is 19.1. The van der Waals surface area contributed by atoms with Crippen molar-refractivity contribution in [1.29, 1.82) is 0 Å². The van der Waals surface area contributed by atoms with Gasteiger partial charge in [0.25, 0.3) is 0 Å². The summed E-state index contributed by atoms with van der Waals surface area (Å²) in [5.41, 5.74) is 3.72. The van der Waals surface area contributed by atoms with Gasteiger partial charge < -0.3 is 15.1 Å². The molecular weight excluding hydrogens is 465 g/mol. The summed E-state index contributed by atoms with van der Waals surface area (Å²) in [6.45, 7) is 5.82. The predicted molar refractivity (Wildman–Crippen MR) is 124 cm³/mol. The van der Waals surface area contributed by atoms with E-state index in [0.29, 0.717) is 12.6 Å². The Hall–Kier alpha value is -1.51. The van der Waals surface area contributed by atoms with Crippen molar-refractivity contribution in [3.05, 3.63) is 41.1 Å². The highest BCUT2D eigenvalue weighted by Crippen LogP contribution is 2.18. The summed E-state index contributed by atoms with van der Waals surface area (Å²) in [6.07, 6.45) is 9.56. The molecule has 2 aromatic rings. The molecule has 156 valence electrons. The van der Waals surface area contributed by atoms with Crippen LogP contribution in [0.4, 0.5) is 0 Å². The van der Waals surface area contributed by atoms with E-state index >= 15 is 0 Å². The first-order valence-electron chi connectivity index (χ1n) is 10.3. The SMILES string of the molecule is CCc1nn(C)c(CC)c1CN=C(NCCc1ccco1)NC1CCCC1.I. The lowest BCUT2D eigenvalue weighted by molar-refractivity contribution is 0.506. The molecule has 0 radical (unpaired) electrons. The first kappa shape index (κ1) is 22.8. The fraction of sp³-hybridized carbons (Fsp3) is 0.619. The number of nitrogens with one attached hydrogen (secondary N) is 2. The normalized spacial score (nSPS) is 14.9. The lowest BCUT2D eigenvalue weighted by atomic mass is 10.1. The molecule has 6 nitrogen and oxygen atoms in total. The summed E-state index contributed by atoms with van der Waals surface area (Å²) < 4.78 is 7.44. The first-order valence-corrected chi connectivity index (χ1v) is 10.3. The van der Waals surface area contributed by atoms with Crippen LogP contribution >= 0.6 is 24.0 Å². The molecule has 0 aromatic carbocycles. The number of hydrogen-bond acceptors (Lipinski definition) is 3. The molecule has 2 N–H and O–H groups in total. The minimum absolute atomic E-state index is 0. The molecule has 0 unspecified atom stereocenters. The molecule has 3 rings (SSSR count). The number of aryl methyl sites for hydroxylation is 2. The zero-order valence-electron chi connectivity index (χ0n) is 17.3. The van der Waals surface area contributed by atoms with Gasteiger partial charge in [0.05, 0.1) is 18.5 Å². The van der Waals surface area contributed by atoms with Crippen LogP contribution in [-0.2, 0) is 32.9 Å². The van der Waals surface area contributed by atoms with Crippen molar-refractivity contribution in [1.82, 2.24) is 20.4 Å². The standard InChI is InChI=1S/C21H33N5O.HI/c1-4-19-18(20(5-2)26(3)25-19)15-23-21(24-16-9-6-7-10-16)22-13-12-17-11-8-14-27-17;/h8,11,14,16H,4-7,9-10,12-13,15H2,1-3H3,(H2,22,23,24);1H. The predicted octanol–water partition coefficient (Wildman–Crippen LogP) is 3.98. The van der Waals surface area contributed by atoms with E-state index in [4.69, 9.17) is 9.41 Å². The number of halogens is 1. The zero-order valence-corrected chi connectivity index (χ0v) is 19.7. The number of guanidine groups is 1. The van der Waals surface area contributed by atoms with E-state index in [1.165, 1.54) is 36.9 Å². The maximum Gasteiger partial charge on any atom is 0.191 e. The van der Waals surface area contributed by atoms with Crippen LogP contribution in [-0.4, -0.2) is 28.3 Å². The topological polar surface area (TPSA) is 67.4 Å². The van der Waals surface area contributed by atoms with Crippen molar-refractivity contribution in [2.45, 2.75) is 71.4 Å². The van der Waals surface area contributed by atoms with Crippen LogP contribution in [0.15, 0.2) is 27.8 Å². The van der Waals surface area contributed by atoms with Gasteiger partial charge in [0, 0.05) is 37.3 Å². The van der Waals surface area contributed by atoms with Crippen molar-refractivity contribution >= 4 is 29.9 Å². The van der Waals surface area contributed by atoms with E-state index in [2.05, 4.69) is 29.6 Å². The van der Waals surface area contributed by atoms with Crippen LogP contribution in [0.3, 0.4) is 0 Å². The van der Waals surface area contributed by atoms with Crippen LogP contribution in [0.1, 0.15) is 62.2 Å². The maximum absolute atomic E-state index is 5.43. The first-order chi connectivity index (χ1) is 13.2. The number of hydrogen-bond donors (Lipinski definition) is 2. The Morgan fingerprint density at radius 2 is 2.07 bits per heavy atom. The van der Waals surface area contributed by atoms with Gasteiger partial charge in [0.1, 0.15) is 5.76 Å². The van der Waals surface area contributed by atoms with Gasteiger partial charge in [0.15, 0.2) is 5.96 Å². The Bertz CT molecular complexity index is 732. The highest BCUT2D eigenvalue weighted by molar-refractivity contribution is 14.0. The molecule has 1 aliphatic carbocycles. The van der Waals surface area contributed by atoms with E-state index < -0.39 is 0 Å². The fourth-order valence-corrected chi connectivity index (χ4v) is 3.91. The van der Waals surface area contributed by atoms with Crippen LogP contribution in [0.25, 0.3) is 0 Å². The molecule has 0 spiro atoms. The Morgan fingerprint density at radius 1 is 1.29 bits per heavy atom. The molecule has 7 heteroatoms. The summed E-state index contributed by atoms with van der Waals surface area (Å²) >= 11 is 0. The molecule has 0 amide bonds. The average molecular weight is 499 g/mol. The molecule has 2 aromatic heterocycles. The van der Waals surface area contributed by atoms with Gasteiger partial charge in [0.2, 0.25) is 0 Å². The number of furan rings is 1. The van der Waals surface area contributed by atoms with Crippen LogP contribution in [0.5, 0.6) is 0 Å². The number of aromatic nitrogens is 2. The number of aliphatic imine (C=N–C) groups is 1. The lowest BCUT2D eigenvalue weighted by Crippen LogP contribution is -2.43. The summed E-state index contributed by atoms with van der Waals surface area (Å²) in [4.78, 5) is 4.92. The molecule has 28 heavy (non-hydrogen) atoms. The minimum Gasteiger partial charge on any atom is -0.469 e. The van der Waals surface area contributed by atoms with E-state index in [1.54, 1.807) is 6.26 Å². The number of nitrogens with zero attached hydrogens (tertiary/aromatic N) is 3. The third-order valence-electron chi connectivity index (χ3n) is 5.36. The van der Waals surface area contributed by atoms with Crippen molar-refractivity contribution < 1.29 is 4.42 Å². The van der Waals surface area contributed by atoms with Crippen LogP contribution in [0, 0.1) is 0 Å². The van der Waals surface area contributed by atoms with E-state index in [9.17, 15) is 0 Å². The molecule has 2 heterocycles. The van der Waals surface area contributed by atoms with Crippen molar-refractivity contribution in [3.8, 4) is 0 Å². The van der Waals surface area contributed by atoms with E-state index in [0.717, 1.165) is 43.2 Å². The van der Waals surface area contributed by atoms with Gasteiger partial charge in [-0.2, -0.15) is 5.10 Å². The second-order valence-corrected chi connectivity index (χ2v) is 7.25. The van der Waals surface area contributed by atoms with Crippen LogP contribution < -0.4 is 10.6 Å². The Balaban J connectivity index is 0.00000280. The van der Waals surface area contributed by atoms with Gasteiger partial charge in [-0.15, -0.1) is 24.0 Å². The van der Waals surface area contributed by atoms with E-state index in [1.807, 2.05) is 23.9 Å². The molecular formula is C21H34IN5O. The Morgan fingerprint density at radius 3 is 2.71 bits per heavy atom. The fourth-order valence-electron chi connectivity index (χ4n) is 3.91. The molecule has 0 saturated heterocycles. The molecule has 0 atom stereocenters. The summed E-state index contributed by atoms with van der Waals surface area (Å²) in [6, 6.07) is 4.48. The third-order valence-corrected chi connectivity index (χ3v) is 5.36. The number of rotatable bonds is 8. The second-order valence-electron chi connectivity index (χ2n) is 7.25. The van der Waals surface area contributed by atoms with Gasteiger partial charge in [-0.05, 0) is 37.8 Å². The molecule has 1 aliphatic rings. The third kappa shape index (κ3) is 5.99. The largest absolute Gasteiger partial charge is 0.469 e. The van der Waals surface area contributed by atoms with Gasteiger partial charge in [-0.3, -0.25) is 4.68 Å².